The normalized spacial score (nSPS) is 20.9. The van der Waals surface area contributed by atoms with E-state index in [4.69, 9.17) is 4.74 Å². The number of rotatable bonds is 5. The molecule has 0 aromatic heterocycles. The van der Waals surface area contributed by atoms with Gasteiger partial charge in [0.1, 0.15) is 11.4 Å². The van der Waals surface area contributed by atoms with E-state index in [1.807, 2.05) is 55.8 Å². The van der Waals surface area contributed by atoms with E-state index >= 15 is 0 Å². The first-order chi connectivity index (χ1) is 20.1. The minimum atomic E-state index is -4.93. The van der Waals surface area contributed by atoms with E-state index in [1.165, 1.54) is 4.90 Å². The van der Waals surface area contributed by atoms with E-state index in [0.717, 1.165) is 46.3 Å². The van der Waals surface area contributed by atoms with Crippen molar-refractivity contribution in [3.63, 3.8) is 0 Å². The first kappa shape index (κ1) is 30.9. The molecule has 1 radical (unpaired) electrons. The number of fused-ring (bicyclic) bond motifs is 2. The number of benzene rings is 3. The van der Waals surface area contributed by atoms with Gasteiger partial charge < -0.3 is 19.5 Å². The number of carbonyl (C=O) groups is 1. The number of likely N-dealkylation sites (tertiary alicyclic amines) is 1. The smallest absolute Gasteiger partial charge is 0.444 e. The molecule has 1 amide bonds. The molecule has 1 saturated heterocycles. The quantitative estimate of drug-likeness (QED) is 0.428. The van der Waals surface area contributed by atoms with Crippen molar-refractivity contribution in [1.82, 2.24) is 9.62 Å². The van der Waals surface area contributed by atoms with Gasteiger partial charge in [-0.2, -0.15) is 0 Å². The van der Waals surface area contributed by atoms with Crippen LogP contribution in [-0.2, 0) is 14.8 Å². The zero-order valence-electron chi connectivity index (χ0n) is 23.7. The van der Waals surface area contributed by atoms with Crippen molar-refractivity contribution in [3.05, 3.63) is 83.9 Å². The molecule has 0 spiro atoms. The van der Waals surface area contributed by atoms with Crippen molar-refractivity contribution < 1.29 is 41.0 Å². The average molecular weight is 615 g/mol. The van der Waals surface area contributed by atoms with Crippen molar-refractivity contribution in [3.8, 4) is 5.75 Å². The minimum absolute atomic E-state index is 0.0884. The van der Waals surface area contributed by atoms with Gasteiger partial charge in [0.25, 0.3) is 0 Å². The number of nitrogens with one attached hydrogen (secondary N) is 1. The van der Waals surface area contributed by atoms with Gasteiger partial charge in [-0.3, -0.25) is 0 Å². The van der Waals surface area contributed by atoms with E-state index in [2.05, 4.69) is 9.46 Å². The second-order valence-corrected chi connectivity index (χ2v) is 13.4. The summed E-state index contributed by atoms with van der Waals surface area (Å²) in [6.45, 7) is 5.05. The zero-order valence-corrected chi connectivity index (χ0v) is 24.5. The van der Waals surface area contributed by atoms with Crippen LogP contribution in [0.5, 0.6) is 5.75 Å². The summed E-state index contributed by atoms with van der Waals surface area (Å²) < 4.78 is 76.5. The first-order valence-corrected chi connectivity index (χ1v) is 15.2. The molecule has 1 unspecified atom stereocenters. The fourth-order valence-electron chi connectivity index (χ4n) is 5.70. The molecule has 0 aliphatic carbocycles. The molecule has 3 atom stereocenters. The third-order valence-corrected chi connectivity index (χ3v) is 8.93. The number of hydrogen-bond acceptors (Lipinski definition) is 6. The predicted octanol–water partition coefficient (Wildman–Crippen LogP) is 3.26. The van der Waals surface area contributed by atoms with Gasteiger partial charge in [0, 0.05) is 24.9 Å². The Labute approximate surface area is 249 Å². The number of carbonyl (C=O) groups excluding carboxylic acids is 1. The van der Waals surface area contributed by atoms with Gasteiger partial charge in [-0.25, -0.2) is 17.9 Å². The SMILES string of the molecule is CC(C)(C)OC(=O)N1CC(C2c3ccccc3[B]c3ccccc32)[C@@H](O)[C@H](NS(=O)(=O)c2ccc(OC(F)(F)F)cc2)C1. The fraction of sp³-hybridized carbons (Fsp3) is 0.367. The summed E-state index contributed by atoms with van der Waals surface area (Å²) in [5, 5.41) is 11.8. The van der Waals surface area contributed by atoms with Crippen LogP contribution in [-0.4, -0.2) is 69.0 Å². The van der Waals surface area contributed by atoms with Crippen molar-refractivity contribution >= 4 is 34.3 Å². The maximum absolute atomic E-state index is 13.4. The van der Waals surface area contributed by atoms with Gasteiger partial charge in [-0.15, -0.1) is 13.2 Å². The van der Waals surface area contributed by atoms with E-state index < -0.39 is 51.9 Å². The molecule has 0 saturated carbocycles. The predicted molar refractivity (Wildman–Crippen MR) is 154 cm³/mol. The molecule has 13 heteroatoms. The largest absolute Gasteiger partial charge is 0.573 e. The molecule has 8 nitrogen and oxygen atoms in total. The Morgan fingerprint density at radius 3 is 2.02 bits per heavy atom. The average Bonchev–Trinajstić information content (AvgIpc) is 2.91. The molecule has 2 heterocycles. The van der Waals surface area contributed by atoms with Gasteiger partial charge >= 0.3 is 12.5 Å². The zero-order chi connectivity index (χ0) is 31.2. The van der Waals surface area contributed by atoms with Crippen molar-refractivity contribution in [2.75, 3.05) is 13.1 Å². The number of aliphatic hydroxyl groups excluding tert-OH is 1. The highest BCUT2D eigenvalue weighted by Crippen LogP contribution is 2.38. The van der Waals surface area contributed by atoms with Gasteiger partial charge in [0.05, 0.1) is 17.0 Å². The van der Waals surface area contributed by atoms with Crippen molar-refractivity contribution in [1.29, 1.82) is 0 Å². The Bertz CT molecular complexity index is 1550. The Kier molecular flexibility index (Phi) is 8.27. The Morgan fingerprint density at radius 1 is 0.930 bits per heavy atom. The lowest BCUT2D eigenvalue weighted by Gasteiger charge is -2.46. The molecular formula is C30H31BF3N2O6S. The molecule has 2 aliphatic rings. The summed E-state index contributed by atoms with van der Waals surface area (Å²) in [4.78, 5) is 14.4. The number of nitrogens with zero attached hydrogens (tertiary/aromatic N) is 1. The highest BCUT2D eigenvalue weighted by atomic mass is 32.2. The van der Waals surface area contributed by atoms with Crippen LogP contribution >= 0.6 is 0 Å². The van der Waals surface area contributed by atoms with Crippen LogP contribution in [0.15, 0.2) is 77.7 Å². The number of ether oxygens (including phenoxy) is 2. The highest BCUT2D eigenvalue weighted by Gasteiger charge is 2.46. The molecule has 5 rings (SSSR count). The van der Waals surface area contributed by atoms with E-state index in [-0.39, 0.29) is 23.9 Å². The fourth-order valence-corrected chi connectivity index (χ4v) is 6.94. The first-order valence-electron chi connectivity index (χ1n) is 13.7. The van der Waals surface area contributed by atoms with E-state index in [9.17, 15) is 31.5 Å². The highest BCUT2D eigenvalue weighted by molar-refractivity contribution is 7.89. The topological polar surface area (TPSA) is 105 Å². The van der Waals surface area contributed by atoms with Crippen LogP contribution in [0.3, 0.4) is 0 Å². The summed E-state index contributed by atoms with van der Waals surface area (Å²) >= 11 is 0. The molecule has 2 aliphatic heterocycles. The van der Waals surface area contributed by atoms with E-state index in [1.54, 1.807) is 20.8 Å². The standard InChI is InChI=1S/C30H31BF3N2O6S/c1-29(2,3)42-28(38)36-16-22(26-20-8-4-6-10-23(20)31-24-11-7-5-9-21(24)26)27(37)25(17-36)35-43(39,40)19-14-12-18(13-15-19)41-30(32,33)34/h4-15,22,25-27,35,37H,16-17H2,1-3H3/t22?,25-,27-/m1/s1. The number of piperidine rings is 1. The van der Waals surface area contributed by atoms with Crippen LogP contribution in [0.1, 0.15) is 37.8 Å². The second-order valence-electron chi connectivity index (χ2n) is 11.7. The Hall–Kier alpha value is -3.55. The third-order valence-electron chi connectivity index (χ3n) is 7.43. The van der Waals surface area contributed by atoms with Gasteiger partial charge in [0.15, 0.2) is 7.28 Å². The van der Waals surface area contributed by atoms with Crippen LogP contribution in [0.2, 0.25) is 0 Å². The lowest BCUT2D eigenvalue weighted by Crippen LogP contribution is -2.62. The molecule has 2 N–H and O–H groups in total. The molecule has 3 aromatic rings. The molecule has 0 bridgehead atoms. The van der Waals surface area contributed by atoms with Crippen LogP contribution in [0, 0.1) is 5.92 Å². The number of sulfonamides is 1. The number of halogens is 3. The maximum Gasteiger partial charge on any atom is 0.573 e. The second kappa shape index (κ2) is 11.5. The van der Waals surface area contributed by atoms with Gasteiger partial charge in [-0.1, -0.05) is 59.5 Å². The van der Waals surface area contributed by atoms with Gasteiger partial charge in [-0.05, 0) is 56.2 Å². The van der Waals surface area contributed by atoms with Crippen LogP contribution < -0.4 is 20.4 Å². The number of hydrogen-bond donors (Lipinski definition) is 2. The summed E-state index contributed by atoms with van der Waals surface area (Å²) in [7, 11) is -2.29. The van der Waals surface area contributed by atoms with Crippen molar-refractivity contribution in [2.45, 2.75) is 55.7 Å². The van der Waals surface area contributed by atoms with E-state index in [0.29, 0.717) is 0 Å². The Morgan fingerprint density at radius 2 is 1.49 bits per heavy atom. The minimum Gasteiger partial charge on any atom is -0.444 e. The van der Waals surface area contributed by atoms with Crippen LogP contribution in [0.25, 0.3) is 0 Å². The monoisotopic (exact) mass is 615 g/mol. The maximum atomic E-state index is 13.4. The summed E-state index contributed by atoms with van der Waals surface area (Å²) in [5.74, 6) is -1.61. The van der Waals surface area contributed by atoms with Gasteiger partial charge in [0.2, 0.25) is 10.0 Å². The molecule has 227 valence electrons. The molecular weight excluding hydrogens is 584 g/mol. The number of alkyl halides is 3. The Balaban J connectivity index is 1.50. The van der Waals surface area contributed by atoms with Crippen LogP contribution in [0.4, 0.5) is 18.0 Å². The summed E-state index contributed by atoms with van der Waals surface area (Å²) in [6.07, 6.45) is -6.84. The van der Waals surface area contributed by atoms with Crippen molar-refractivity contribution in [2.24, 2.45) is 5.92 Å². The summed E-state index contributed by atoms with van der Waals surface area (Å²) in [6, 6.07) is 18.0. The lowest BCUT2D eigenvalue weighted by atomic mass is 9.52. The molecule has 3 aromatic carbocycles. The molecule has 1 fully saturated rings. The summed E-state index contributed by atoms with van der Waals surface area (Å²) in [5.41, 5.74) is 2.94. The number of aliphatic hydroxyl groups is 1. The third kappa shape index (κ3) is 7.00. The molecule has 43 heavy (non-hydrogen) atoms. The number of amides is 1. The lowest BCUT2D eigenvalue weighted by molar-refractivity contribution is -0.274.